The molecule has 0 amide bonds. The molecule has 0 aliphatic heterocycles. The first-order valence-electron chi connectivity index (χ1n) is 7.73. The van der Waals surface area contributed by atoms with Gasteiger partial charge < -0.3 is 9.88 Å². The van der Waals surface area contributed by atoms with Gasteiger partial charge in [0, 0.05) is 29.8 Å². The summed E-state index contributed by atoms with van der Waals surface area (Å²) < 4.78 is 2.49. The van der Waals surface area contributed by atoms with Crippen LogP contribution in [0.2, 0.25) is 0 Å². The molecule has 0 saturated heterocycles. The van der Waals surface area contributed by atoms with Crippen molar-refractivity contribution in [1.29, 1.82) is 0 Å². The SMILES string of the molecule is CCC(C)Cn1c(CNC(C)(C)C)cc2ccccc21. The maximum atomic E-state index is 3.61. The second kappa shape index (κ2) is 6.01. The molecule has 0 saturated carbocycles. The number of nitrogens with one attached hydrogen (secondary N) is 1. The molecule has 2 rings (SSSR count). The molecular formula is C18H28N2. The van der Waals surface area contributed by atoms with Crippen LogP contribution in [0.25, 0.3) is 10.9 Å². The van der Waals surface area contributed by atoms with Crippen LogP contribution in [-0.4, -0.2) is 10.1 Å². The smallest absolute Gasteiger partial charge is 0.0483 e. The van der Waals surface area contributed by atoms with Crippen LogP contribution in [0.5, 0.6) is 0 Å². The first-order chi connectivity index (χ1) is 9.40. The zero-order chi connectivity index (χ0) is 14.8. The molecule has 0 aliphatic carbocycles. The Morgan fingerprint density at radius 3 is 2.55 bits per heavy atom. The number of hydrogen-bond acceptors (Lipinski definition) is 1. The standard InChI is InChI=1S/C18H28N2/c1-6-14(2)13-20-16(12-19-18(3,4)5)11-15-9-7-8-10-17(15)20/h7-11,14,19H,6,12-13H2,1-5H3. The monoisotopic (exact) mass is 272 g/mol. The van der Waals surface area contributed by atoms with Crippen LogP contribution < -0.4 is 5.32 Å². The Hall–Kier alpha value is -1.28. The van der Waals surface area contributed by atoms with E-state index >= 15 is 0 Å². The lowest BCUT2D eigenvalue weighted by Crippen LogP contribution is -2.35. The zero-order valence-electron chi connectivity index (χ0n) is 13.5. The van der Waals surface area contributed by atoms with Crippen molar-refractivity contribution < 1.29 is 0 Å². The van der Waals surface area contributed by atoms with Crippen molar-refractivity contribution in [2.24, 2.45) is 5.92 Å². The van der Waals surface area contributed by atoms with E-state index in [1.807, 2.05) is 0 Å². The van der Waals surface area contributed by atoms with Gasteiger partial charge in [0.05, 0.1) is 0 Å². The number of fused-ring (bicyclic) bond motifs is 1. The van der Waals surface area contributed by atoms with Crippen molar-refractivity contribution in [3.05, 3.63) is 36.0 Å². The minimum absolute atomic E-state index is 0.150. The summed E-state index contributed by atoms with van der Waals surface area (Å²) in [5, 5.41) is 4.96. The molecule has 1 heterocycles. The molecule has 1 N–H and O–H groups in total. The van der Waals surface area contributed by atoms with Crippen molar-refractivity contribution in [3.8, 4) is 0 Å². The third kappa shape index (κ3) is 3.63. The van der Waals surface area contributed by atoms with Crippen LogP contribution in [0.3, 0.4) is 0 Å². The number of benzene rings is 1. The molecule has 0 spiro atoms. The van der Waals surface area contributed by atoms with Gasteiger partial charge in [0.25, 0.3) is 0 Å². The highest BCUT2D eigenvalue weighted by molar-refractivity contribution is 5.81. The topological polar surface area (TPSA) is 17.0 Å². The maximum absolute atomic E-state index is 3.61. The normalized spacial score (nSPS) is 13.8. The quantitative estimate of drug-likeness (QED) is 0.843. The average Bonchev–Trinajstić information content (AvgIpc) is 2.74. The Bertz CT molecular complexity index is 560. The minimum Gasteiger partial charge on any atom is -0.343 e. The summed E-state index contributed by atoms with van der Waals surface area (Å²) in [6.45, 7) is 13.3. The predicted molar refractivity (Wildman–Crippen MR) is 88.0 cm³/mol. The van der Waals surface area contributed by atoms with Crippen LogP contribution in [-0.2, 0) is 13.1 Å². The van der Waals surface area contributed by atoms with E-state index < -0.39 is 0 Å². The fourth-order valence-corrected chi connectivity index (χ4v) is 2.43. The number of para-hydroxylation sites is 1. The molecule has 1 aromatic heterocycles. The van der Waals surface area contributed by atoms with Gasteiger partial charge in [0.2, 0.25) is 0 Å². The highest BCUT2D eigenvalue weighted by atomic mass is 15.0. The summed E-state index contributed by atoms with van der Waals surface area (Å²) in [6.07, 6.45) is 1.22. The molecule has 20 heavy (non-hydrogen) atoms. The van der Waals surface area contributed by atoms with E-state index in [1.54, 1.807) is 0 Å². The Morgan fingerprint density at radius 2 is 1.90 bits per heavy atom. The molecule has 2 heteroatoms. The van der Waals surface area contributed by atoms with Gasteiger partial charge in [-0.1, -0.05) is 38.5 Å². The zero-order valence-corrected chi connectivity index (χ0v) is 13.5. The third-order valence-electron chi connectivity index (χ3n) is 3.89. The van der Waals surface area contributed by atoms with Crippen molar-refractivity contribution in [1.82, 2.24) is 9.88 Å². The molecule has 1 aromatic carbocycles. The summed E-state index contributed by atoms with van der Waals surface area (Å²) in [5.74, 6) is 0.708. The molecule has 2 nitrogen and oxygen atoms in total. The Morgan fingerprint density at radius 1 is 1.20 bits per heavy atom. The van der Waals surface area contributed by atoms with E-state index in [4.69, 9.17) is 0 Å². The lowest BCUT2D eigenvalue weighted by molar-refractivity contribution is 0.406. The number of rotatable bonds is 5. The molecule has 0 bridgehead atoms. The largest absolute Gasteiger partial charge is 0.343 e. The molecule has 1 unspecified atom stereocenters. The van der Waals surface area contributed by atoms with Crippen molar-refractivity contribution in [2.75, 3.05) is 0 Å². The first kappa shape index (κ1) is 15.1. The fourth-order valence-electron chi connectivity index (χ4n) is 2.43. The Labute approximate surface area is 123 Å². The van der Waals surface area contributed by atoms with E-state index in [9.17, 15) is 0 Å². The van der Waals surface area contributed by atoms with Crippen molar-refractivity contribution in [3.63, 3.8) is 0 Å². The molecule has 0 radical (unpaired) electrons. The lowest BCUT2D eigenvalue weighted by Gasteiger charge is -2.22. The van der Waals surface area contributed by atoms with Crippen molar-refractivity contribution in [2.45, 2.75) is 59.7 Å². The van der Waals surface area contributed by atoms with E-state index in [-0.39, 0.29) is 5.54 Å². The third-order valence-corrected chi connectivity index (χ3v) is 3.89. The highest BCUT2D eigenvalue weighted by Crippen LogP contribution is 2.22. The summed E-state index contributed by atoms with van der Waals surface area (Å²) in [5.41, 5.74) is 2.90. The predicted octanol–water partition coefficient (Wildman–Crippen LogP) is 4.58. The maximum Gasteiger partial charge on any atom is 0.0483 e. The van der Waals surface area contributed by atoms with Crippen LogP contribution in [0.15, 0.2) is 30.3 Å². The summed E-state index contributed by atoms with van der Waals surface area (Å²) in [4.78, 5) is 0. The number of aromatic nitrogens is 1. The summed E-state index contributed by atoms with van der Waals surface area (Å²) >= 11 is 0. The van der Waals surface area contributed by atoms with Crippen LogP contribution in [0.1, 0.15) is 46.7 Å². The van der Waals surface area contributed by atoms with Crippen LogP contribution in [0, 0.1) is 5.92 Å². The molecular weight excluding hydrogens is 244 g/mol. The van der Waals surface area contributed by atoms with Gasteiger partial charge in [-0.25, -0.2) is 0 Å². The second-order valence-corrected chi connectivity index (χ2v) is 6.92. The molecule has 0 fully saturated rings. The lowest BCUT2D eigenvalue weighted by atomic mass is 10.1. The van der Waals surface area contributed by atoms with E-state index in [0.29, 0.717) is 5.92 Å². The highest BCUT2D eigenvalue weighted by Gasteiger charge is 2.14. The summed E-state index contributed by atoms with van der Waals surface area (Å²) in [7, 11) is 0. The molecule has 110 valence electrons. The van der Waals surface area contributed by atoms with E-state index in [1.165, 1.54) is 23.0 Å². The molecule has 1 atom stereocenters. The van der Waals surface area contributed by atoms with Crippen LogP contribution >= 0.6 is 0 Å². The van der Waals surface area contributed by atoms with Gasteiger partial charge in [-0.05, 0) is 44.2 Å². The van der Waals surface area contributed by atoms with Crippen LogP contribution in [0.4, 0.5) is 0 Å². The van der Waals surface area contributed by atoms with Gasteiger partial charge in [0.15, 0.2) is 0 Å². The fraction of sp³-hybridized carbons (Fsp3) is 0.556. The van der Waals surface area contributed by atoms with Gasteiger partial charge in [-0.3, -0.25) is 0 Å². The number of nitrogens with zero attached hydrogens (tertiary/aromatic N) is 1. The minimum atomic E-state index is 0.150. The average molecular weight is 272 g/mol. The van der Waals surface area contributed by atoms with E-state index in [2.05, 4.69) is 74.8 Å². The van der Waals surface area contributed by atoms with Gasteiger partial charge in [-0.2, -0.15) is 0 Å². The van der Waals surface area contributed by atoms with Gasteiger partial charge >= 0.3 is 0 Å². The molecule has 2 aromatic rings. The van der Waals surface area contributed by atoms with Gasteiger partial charge in [-0.15, -0.1) is 0 Å². The van der Waals surface area contributed by atoms with E-state index in [0.717, 1.165) is 13.1 Å². The van der Waals surface area contributed by atoms with Gasteiger partial charge in [0.1, 0.15) is 0 Å². The molecule has 0 aliphatic rings. The first-order valence-corrected chi connectivity index (χ1v) is 7.73. The second-order valence-electron chi connectivity index (χ2n) is 6.92. The Kier molecular flexibility index (Phi) is 4.54. The summed E-state index contributed by atoms with van der Waals surface area (Å²) in [6, 6.07) is 11.0. The number of hydrogen-bond donors (Lipinski definition) is 1. The van der Waals surface area contributed by atoms with Crippen molar-refractivity contribution >= 4 is 10.9 Å². The Balaban J connectivity index is 2.33.